The molecule has 0 amide bonds. The van der Waals surface area contributed by atoms with E-state index in [0.29, 0.717) is 6.10 Å². The molecular weight excluding hydrogens is 316 g/mol. The quantitative estimate of drug-likeness (QED) is 0.891. The van der Waals surface area contributed by atoms with Crippen molar-refractivity contribution >= 4 is 21.6 Å². The van der Waals surface area contributed by atoms with Crippen molar-refractivity contribution in [2.75, 3.05) is 25.1 Å². The lowest BCUT2D eigenvalue weighted by Crippen LogP contribution is -2.36. The van der Waals surface area contributed by atoms with Gasteiger partial charge >= 0.3 is 0 Å². The van der Waals surface area contributed by atoms with Gasteiger partial charge < -0.3 is 15.0 Å². The molecule has 1 N–H and O–H groups in total. The van der Waals surface area contributed by atoms with Crippen LogP contribution in [0.1, 0.15) is 31.2 Å². The van der Waals surface area contributed by atoms with Gasteiger partial charge in [-0.05, 0) is 43.4 Å². The molecule has 0 atom stereocenters. The maximum atomic E-state index is 5.43. The van der Waals surface area contributed by atoms with E-state index in [-0.39, 0.29) is 0 Å². The fourth-order valence-corrected chi connectivity index (χ4v) is 3.27. The number of nitrogens with zero attached hydrogens (tertiary/aromatic N) is 1. The van der Waals surface area contributed by atoms with Crippen LogP contribution in [0.5, 0.6) is 0 Å². The predicted molar refractivity (Wildman–Crippen MR) is 86.2 cm³/mol. The summed E-state index contributed by atoms with van der Waals surface area (Å²) in [5.41, 5.74) is 2.68. The van der Waals surface area contributed by atoms with Gasteiger partial charge in [-0.2, -0.15) is 0 Å². The van der Waals surface area contributed by atoms with E-state index in [4.69, 9.17) is 4.74 Å². The number of ether oxygens (including phenoxy) is 1. The molecule has 3 rings (SSSR count). The van der Waals surface area contributed by atoms with E-state index in [1.165, 1.54) is 28.6 Å². The first kappa shape index (κ1) is 14.4. The molecule has 1 aromatic carbocycles. The molecule has 0 spiro atoms. The molecule has 1 aromatic rings. The van der Waals surface area contributed by atoms with Gasteiger partial charge in [0.2, 0.25) is 0 Å². The second kappa shape index (κ2) is 6.46. The monoisotopic (exact) mass is 338 g/mol. The molecule has 4 heteroatoms. The minimum atomic E-state index is 0.441. The van der Waals surface area contributed by atoms with E-state index < -0.39 is 0 Å². The first-order chi connectivity index (χ1) is 9.76. The Bertz CT molecular complexity index is 454. The number of hydrogen-bond donors (Lipinski definition) is 1. The summed E-state index contributed by atoms with van der Waals surface area (Å²) in [4.78, 5) is 2.46. The first-order valence-corrected chi connectivity index (χ1v) is 8.35. The van der Waals surface area contributed by atoms with E-state index in [9.17, 15) is 0 Å². The Balaban J connectivity index is 1.60. The lowest BCUT2D eigenvalue weighted by Gasteiger charge is -2.33. The largest absolute Gasteiger partial charge is 0.381 e. The summed E-state index contributed by atoms with van der Waals surface area (Å²) in [6, 6.07) is 7.52. The molecule has 1 aliphatic heterocycles. The van der Waals surface area contributed by atoms with Crippen LogP contribution in [0.3, 0.4) is 0 Å². The van der Waals surface area contributed by atoms with Crippen LogP contribution < -0.4 is 10.2 Å². The van der Waals surface area contributed by atoms with Crippen molar-refractivity contribution in [3.8, 4) is 0 Å². The Kier molecular flexibility index (Phi) is 4.64. The number of anilines is 1. The normalized spacial score (nSPS) is 20.4. The first-order valence-electron chi connectivity index (χ1n) is 7.56. The highest BCUT2D eigenvalue weighted by Crippen LogP contribution is 2.28. The van der Waals surface area contributed by atoms with Crippen LogP contribution in [0.4, 0.5) is 5.69 Å². The van der Waals surface area contributed by atoms with Gasteiger partial charge in [0, 0.05) is 42.9 Å². The number of methoxy groups -OCH3 is 1. The minimum Gasteiger partial charge on any atom is -0.381 e. The summed E-state index contributed by atoms with van der Waals surface area (Å²) >= 11 is 3.72. The van der Waals surface area contributed by atoms with Crippen molar-refractivity contribution in [1.29, 1.82) is 0 Å². The molecule has 1 saturated heterocycles. The fourth-order valence-electron chi connectivity index (χ4n) is 2.77. The van der Waals surface area contributed by atoms with Crippen molar-refractivity contribution in [3.63, 3.8) is 0 Å². The molecule has 1 heterocycles. The van der Waals surface area contributed by atoms with E-state index in [1.54, 1.807) is 0 Å². The smallest absolute Gasteiger partial charge is 0.0605 e. The molecule has 3 nitrogen and oxygen atoms in total. The molecule has 0 unspecified atom stereocenters. The highest BCUT2D eigenvalue weighted by Gasteiger charge is 2.21. The molecule has 110 valence electrons. The lowest BCUT2D eigenvalue weighted by atomic mass is 10.1. The maximum Gasteiger partial charge on any atom is 0.0605 e. The van der Waals surface area contributed by atoms with Gasteiger partial charge in [0.05, 0.1) is 6.10 Å². The molecular formula is C16H23BrN2O. The number of hydrogen-bond acceptors (Lipinski definition) is 3. The van der Waals surface area contributed by atoms with Crippen molar-refractivity contribution < 1.29 is 4.74 Å². The van der Waals surface area contributed by atoms with Crippen LogP contribution >= 0.6 is 15.9 Å². The number of nitrogens with one attached hydrogen (secondary N) is 1. The Labute approximate surface area is 129 Å². The Morgan fingerprint density at radius 2 is 2.00 bits per heavy atom. The van der Waals surface area contributed by atoms with Crippen LogP contribution in [-0.4, -0.2) is 32.3 Å². The average Bonchev–Trinajstić information content (AvgIpc) is 3.30. The SMILES string of the molecule is COC1CCN(c2ccc(CNC3CC3)c(Br)c2)CC1. The zero-order chi connectivity index (χ0) is 13.9. The number of rotatable bonds is 5. The third-order valence-corrected chi connectivity index (χ3v) is 5.07. The molecule has 0 bridgehead atoms. The average molecular weight is 339 g/mol. The third kappa shape index (κ3) is 3.54. The summed E-state index contributed by atoms with van der Waals surface area (Å²) < 4.78 is 6.65. The molecule has 0 aromatic heterocycles. The maximum absolute atomic E-state index is 5.43. The van der Waals surface area contributed by atoms with Gasteiger partial charge in [-0.1, -0.05) is 22.0 Å². The van der Waals surface area contributed by atoms with Crippen LogP contribution in [-0.2, 0) is 11.3 Å². The number of piperidine rings is 1. The zero-order valence-electron chi connectivity index (χ0n) is 12.1. The molecule has 20 heavy (non-hydrogen) atoms. The van der Waals surface area contributed by atoms with Gasteiger partial charge in [0.15, 0.2) is 0 Å². The van der Waals surface area contributed by atoms with Crippen LogP contribution in [0.15, 0.2) is 22.7 Å². The van der Waals surface area contributed by atoms with Crippen molar-refractivity contribution in [2.24, 2.45) is 0 Å². The summed E-state index contributed by atoms with van der Waals surface area (Å²) in [5, 5.41) is 3.57. The second-order valence-electron chi connectivity index (χ2n) is 5.85. The predicted octanol–water partition coefficient (Wildman–Crippen LogP) is 3.32. The molecule has 2 fully saturated rings. The number of halogens is 1. The van der Waals surface area contributed by atoms with Crippen molar-refractivity contribution in [1.82, 2.24) is 5.32 Å². The Morgan fingerprint density at radius 1 is 1.25 bits per heavy atom. The van der Waals surface area contributed by atoms with E-state index in [2.05, 4.69) is 44.3 Å². The number of benzene rings is 1. The summed E-state index contributed by atoms with van der Waals surface area (Å²) in [7, 11) is 1.82. The van der Waals surface area contributed by atoms with Crippen molar-refractivity contribution in [3.05, 3.63) is 28.2 Å². The van der Waals surface area contributed by atoms with Crippen molar-refractivity contribution in [2.45, 2.75) is 44.4 Å². The summed E-state index contributed by atoms with van der Waals surface area (Å²) in [5.74, 6) is 0. The highest BCUT2D eigenvalue weighted by atomic mass is 79.9. The van der Waals surface area contributed by atoms with Crippen LogP contribution in [0.25, 0.3) is 0 Å². The topological polar surface area (TPSA) is 24.5 Å². The molecule has 0 radical (unpaired) electrons. The highest BCUT2D eigenvalue weighted by molar-refractivity contribution is 9.10. The van der Waals surface area contributed by atoms with E-state index in [0.717, 1.165) is 38.5 Å². The molecule has 1 saturated carbocycles. The standard InChI is InChI=1S/C16H23BrN2O/c1-20-15-6-8-19(9-7-15)14-5-2-12(16(17)10-14)11-18-13-3-4-13/h2,5,10,13,15,18H,3-4,6-9,11H2,1H3. The molecule has 1 aliphatic carbocycles. The minimum absolute atomic E-state index is 0.441. The van der Waals surface area contributed by atoms with Crippen LogP contribution in [0, 0.1) is 0 Å². The zero-order valence-corrected chi connectivity index (χ0v) is 13.7. The summed E-state index contributed by atoms with van der Waals surface area (Å²) in [6.07, 6.45) is 5.36. The third-order valence-electron chi connectivity index (χ3n) is 4.34. The van der Waals surface area contributed by atoms with Gasteiger partial charge in [0.25, 0.3) is 0 Å². The van der Waals surface area contributed by atoms with Crippen LogP contribution in [0.2, 0.25) is 0 Å². The van der Waals surface area contributed by atoms with Gasteiger partial charge in [0.1, 0.15) is 0 Å². The van der Waals surface area contributed by atoms with Gasteiger partial charge in [-0.15, -0.1) is 0 Å². The van der Waals surface area contributed by atoms with E-state index in [1.807, 2.05) is 7.11 Å². The summed E-state index contributed by atoms with van der Waals surface area (Å²) in [6.45, 7) is 3.15. The molecule has 2 aliphatic rings. The lowest BCUT2D eigenvalue weighted by molar-refractivity contribution is 0.0819. The fraction of sp³-hybridized carbons (Fsp3) is 0.625. The Hall–Kier alpha value is -0.580. The van der Waals surface area contributed by atoms with Gasteiger partial charge in [-0.25, -0.2) is 0 Å². The van der Waals surface area contributed by atoms with E-state index >= 15 is 0 Å². The second-order valence-corrected chi connectivity index (χ2v) is 6.71. The van der Waals surface area contributed by atoms with Gasteiger partial charge in [-0.3, -0.25) is 0 Å². The Morgan fingerprint density at radius 3 is 2.60 bits per heavy atom.